The summed E-state index contributed by atoms with van der Waals surface area (Å²) in [5.74, 6) is -0.630. The molecule has 1 rings (SSSR count). The van der Waals surface area contributed by atoms with E-state index in [9.17, 15) is 19.5 Å². The quantitative estimate of drug-likeness (QED) is 0.300. The van der Waals surface area contributed by atoms with Gasteiger partial charge < -0.3 is 9.90 Å². The molecule has 54 valence electrons. The molecule has 0 saturated carbocycles. The van der Waals surface area contributed by atoms with E-state index in [2.05, 4.69) is 0 Å². The van der Waals surface area contributed by atoms with E-state index < -0.39 is 24.6 Å². The maximum absolute atomic E-state index is 10.4. The second-order valence-electron chi connectivity index (χ2n) is 1.71. The van der Waals surface area contributed by atoms with Crippen LogP contribution in [-0.2, 0) is 4.79 Å². The van der Waals surface area contributed by atoms with Gasteiger partial charge in [-0.1, -0.05) is 0 Å². The number of carbonyl (C=O) groups excluding carboxylic acids is 3. The molecule has 1 saturated heterocycles. The number of nitrogens with zero attached hydrogens (tertiary/aromatic N) is 1. The van der Waals surface area contributed by atoms with Crippen molar-refractivity contribution >= 4 is 18.0 Å². The van der Waals surface area contributed by atoms with Crippen molar-refractivity contribution in [3.63, 3.8) is 0 Å². The van der Waals surface area contributed by atoms with Crippen molar-refractivity contribution in [2.75, 3.05) is 6.54 Å². The summed E-state index contributed by atoms with van der Waals surface area (Å²) in [6.07, 6.45) is -1.66. The van der Waals surface area contributed by atoms with Gasteiger partial charge in [-0.2, -0.15) is 0 Å². The maximum atomic E-state index is 10.4. The predicted molar refractivity (Wildman–Crippen MR) is 25.6 cm³/mol. The molecule has 0 spiro atoms. The Kier molecular flexibility index (Phi) is 4.18. The molecule has 0 unspecified atom stereocenters. The van der Waals surface area contributed by atoms with Crippen LogP contribution in [0.15, 0.2) is 0 Å². The molecule has 6 nitrogen and oxygen atoms in total. The second-order valence-corrected chi connectivity index (χ2v) is 1.71. The van der Waals surface area contributed by atoms with E-state index in [1.165, 1.54) is 0 Å². The zero-order valence-corrected chi connectivity index (χ0v) is 8.91. The van der Waals surface area contributed by atoms with Crippen molar-refractivity contribution in [3.05, 3.63) is 0 Å². The van der Waals surface area contributed by atoms with Gasteiger partial charge in [-0.15, -0.1) is 0 Å². The first-order valence-electron chi connectivity index (χ1n) is 2.43. The van der Waals surface area contributed by atoms with Crippen LogP contribution in [0.3, 0.4) is 0 Å². The summed E-state index contributed by atoms with van der Waals surface area (Å²) in [5, 5.41) is 11.7. The van der Waals surface area contributed by atoms with Crippen molar-refractivity contribution in [3.8, 4) is 0 Å². The average molecular weight is 182 g/mol. The molecule has 0 radical (unpaired) electrons. The minimum absolute atomic E-state index is 0. The van der Waals surface area contributed by atoms with Gasteiger partial charge >= 0.3 is 57.4 Å². The fourth-order valence-electron chi connectivity index (χ4n) is 0.589. The van der Waals surface area contributed by atoms with Crippen LogP contribution < -0.4 is 61.8 Å². The smallest absolute Gasteiger partial charge is 0.529 e. The van der Waals surface area contributed by atoms with Gasteiger partial charge in [0.2, 0.25) is 5.91 Å². The first-order valence-corrected chi connectivity index (χ1v) is 2.43. The Hall–Kier alpha value is 0.0464. The van der Waals surface area contributed by atoms with E-state index in [0.29, 0.717) is 4.90 Å². The number of hydrogen-bond donors (Lipinski definition) is 1. The Balaban J connectivity index is 0.000001000. The van der Waals surface area contributed by atoms with Crippen LogP contribution in [0.4, 0.5) is 9.59 Å². The summed E-state index contributed by atoms with van der Waals surface area (Å²) in [4.78, 5) is 31.0. The topological polar surface area (TPSA) is 89.5 Å². The molecule has 1 heterocycles. The number of amides is 4. The number of urea groups is 1. The average Bonchev–Trinajstić information content (AvgIpc) is 2.10. The minimum atomic E-state index is -1.66. The van der Waals surface area contributed by atoms with Gasteiger partial charge in [-0.3, -0.25) is 15.0 Å². The SMILES string of the molecule is O=C1CN(C(=O)[O-])C(=O)N1.[K+]. The molecule has 1 fully saturated rings. The third-order valence-electron chi connectivity index (χ3n) is 1.01. The van der Waals surface area contributed by atoms with Crippen molar-refractivity contribution in [2.24, 2.45) is 0 Å². The number of carboxylic acid groups (broad SMARTS) is 1. The number of carbonyl (C=O) groups is 3. The van der Waals surface area contributed by atoms with Crippen molar-refractivity contribution < 1.29 is 70.9 Å². The third kappa shape index (κ3) is 2.53. The van der Waals surface area contributed by atoms with Crippen molar-refractivity contribution in [1.29, 1.82) is 0 Å². The van der Waals surface area contributed by atoms with Gasteiger partial charge in [0, 0.05) is 0 Å². The number of nitrogens with one attached hydrogen (secondary N) is 1. The van der Waals surface area contributed by atoms with Gasteiger partial charge in [-0.25, -0.2) is 4.79 Å². The Bertz CT molecular complexity index is 216. The minimum Gasteiger partial charge on any atom is -0.529 e. The molecule has 0 aromatic heterocycles. The Labute approximate surface area is 104 Å². The van der Waals surface area contributed by atoms with Crippen molar-refractivity contribution in [1.82, 2.24) is 10.2 Å². The fourth-order valence-corrected chi connectivity index (χ4v) is 0.589. The third-order valence-corrected chi connectivity index (χ3v) is 1.01. The molecule has 1 aliphatic rings. The van der Waals surface area contributed by atoms with Gasteiger partial charge in [0.25, 0.3) is 0 Å². The summed E-state index contributed by atoms with van der Waals surface area (Å²) in [7, 11) is 0. The zero-order valence-electron chi connectivity index (χ0n) is 5.79. The molecule has 7 heteroatoms. The summed E-state index contributed by atoms with van der Waals surface area (Å²) in [5.41, 5.74) is 0. The maximum Gasteiger partial charge on any atom is 1.00 e. The Morgan fingerprint density at radius 1 is 1.55 bits per heavy atom. The fraction of sp³-hybridized carbons (Fsp3) is 0.250. The molecular formula is C4H3KN2O4. The molecule has 1 aliphatic heterocycles. The first-order chi connectivity index (χ1) is 4.61. The number of rotatable bonds is 0. The monoisotopic (exact) mass is 182 g/mol. The van der Waals surface area contributed by atoms with E-state index in [0.717, 1.165) is 0 Å². The molecule has 11 heavy (non-hydrogen) atoms. The van der Waals surface area contributed by atoms with E-state index in [1.807, 2.05) is 0 Å². The summed E-state index contributed by atoms with van der Waals surface area (Å²) < 4.78 is 0. The molecule has 0 aromatic carbocycles. The van der Waals surface area contributed by atoms with Crippen LogP contribution in [0.1, 0.15) is 0 Å². The first kappa shape index (κ1) is 11.0. The van der Waals surface area contributed by atoms with E-state index in [1.54, 1.807) is 5.32 Å². The molecular weight excluding hydrogens is 179 g/mol. The standard InChI is InChI=1S/C4H4N2O4.K/c7-2-1-6(4(9)10)3(8)5-2;/h1H2,(H,9,10)(H,5,7,8);/q;+1/p-1. The Morgan fingerprint density at radius 2 is 2.09 bits per heavy atom. The summed E-state index contributed by atoms with van der Waals surface area (Å²) in [6, 6.07) is -0.940. The van der Waals surface area contributed by atoms with Gasteiger partial charge in [0.1, 0.15) is 12.6 Å². The van der Waals surface area contributed by atoms with Crippen LogP contribution in [0.2, 0.25) is 0 Å². The van der Waals surface area contributed by atoms with Crippen LogP contribution >= 0.6 is 0 Å². The molecule has 4 amide bonds. The molecule has 0 bridgehead atoms. The van der Waals surface area contributed by atoms with Crippen LogP contribution in [-0.4, -0.2) is 29.5 Å². The Morgan fingerprint density at radius 3 is 2.27 bits per heavy atom. The summed E-state index contributed by atoms with van der Waals surface area (Å²) >= 11 is 0. The number of imide groups is 2. The normalized spacial score (nSPS) is 15.8. The van der Waals surface area contributed by atoms with Gasteiger partial charge in [-0.05, 0) is 0 Å². The number of hydrogen-bond acceptors (Lipinski definition) is 4. The van der Waals surface area contributed by atoms with Gasteiger partial charge in [0.05, 0.1) is 0 Å². The molecule has 0 aromatic rings. The second kappa shape index (κ2) is 4.17. The van der Waals surface area contributed by atoms with Crippen LogP contribution in [0, 0.1) is 0 Å². The molecule has 0 aliphatic carbocycles. The van der Waals surface area contributed by atoms with E-state index in [-0.39, 0.29) is 51.4 Å². The zero-order chi connectivity index (χ0) is 7.72. The summed E-state index contributed by atoms with van der Waals surface area (Å²) in [6.45, 7) is -0.457. The largest absolute Gasteiger partial charge is 1.00 e. The van der Waals surface area contributed by atoms with E-state index in [4.69, 9.17) is 0 Å². The van der Waals surface area contributed by atoms with Crippen molar-refractivity contribution in [2.45, 2.75) is 0 Å². The van der Waals surface area contributed by atoms with E-state index >= 15 is 0 Å². The predicted octanol–water partition coefficient (Wildman–Crippen LogP) is -5.11. The van der Waals surface area contributed by atoms with Gasteiger partial charge in [0.15, 0.2) is 0 Å². The molecule has 0 atom stereocenters. The van der Waals surface area contributed by atoms with Crippen LogP contribution in [0.25, 0.3) is 0 Å². The molecule has 1 N–H and O–H groups in total. The van der Waals surface area contributed by atoms with Crippen LogP contribution in [0.5, 0.6) is 0 Å².